The van der Waals surface area contributed by atoms with E-state index in [-0.39, 0.29) is 11.5 Å². The molecule has 0 saturated heterocycles. The van der Waals surface area contributed by atoms with Gasteiger partial charge in [0.2, 0.25) is 0 Å². The van der Waals surface area contributed by atoms with E-state index in [4.69, 9.17) is 16.3 Å². The third-order valence-electron chi connectivity index (χ3n) is 5.59. The molecule has 1 aliphatic heterocycles. The normalized spacial score (nSPS) is 14.3. The zero-order valence-corrected chi connectivity index (χ0v) is 17.6. The van der Waals surface area contributed by atoms with Crippen molar-refractivity contribution in [2.75, 3.05) is 13.2 Å². The van der Waals surface area contributed by atoms with Gasteiger partial charge in [-0.1, -0.05) is 11.6 Å². The Kier molecular flexibility index (Phi) is 5.00. The zero-order chi connectivity index (χ0) is 21.5. The van der Waals surface area contributed by atoms with Crippen LogP contribution in [0.15, 0.2) is 53.6 Å². The fourth-order valence-corrected chi connectivity index (χ4v) is 4.32. The lowest BCUT2D eigenvalue weighted by Crippen LogP contribution is -2.26. The van der Waals surface area contributed by atoms with E-state index in [1.54, 1.807) is 12.3 Å². The standard InChI is InChI=1S/C23H20ClFN4O2/c1-14-17(11-26-23(30)27-14)13-28-6-7-31-22-16(12-28)9-19(10-20(22)24)29-5-4-15-8-18(25)2-3-21(15)29/h2-5,8-11H,6-7,12-13H2,1H3,(H,26,27,30). The van der Waals surface area contributed by atoms with E-state index in [1.807, 2.05) is 29.8 Å². The first-order valence-corrected chi connectivity index (χ1v) is 10.3. The summed E-state index contributed by atoms with van der Waals surface area (Å²) in [4.78, 5) is 20.2. The minimum absolute atomic E-state index is 0.263. The van der Waals surface area contributed by atoms with Gasteiger partial charge in [0.15, 0.2) is 0 Å². The summed E-state index contributed by atoms with van der Waals surface area (Å²) >= 11 is 6.60. The van der Waals surface area contributed by atoms with Crippen molar-refractivity contribution in [1.82, 2.24) is 19.4 Å². The Balaban J connectivity index is 1.50. The SMILES string of the molecule is Cc1[nH]c(=O)ncc1CN1CCOc2c(Cl)cc(-n3ccc4cc(F)ccc43)cc2C1. The highest BCUT2D eigenvalue weighted by Crippen LogP contribution is 2.35. The van der Waals surface area contributed by atoms with Gasteiger partial charge in [-0.15, -0.1) is 0 Å². The second-order valence-corrected chi connectivity index (χ2v) is 8.11. The number of benzene rings is 2. The topological polar surface area (TPSA) is 63.1 Å². The summed E-state index contributed by atoms with van der Waals surface area (Å²) in [7, 11) is 0. The average Bonchev–Trinajstić information content (AvgIpc) is 3.03. The van der Waals surface area contributed by atoms with Crippen LogP contribution in [0.4, 0.5) is 4.39 Å². The molecule has 1 N–H and O–H groups in total. The summed E-state index contributed by atoms with van der Waals surface area (Å²) in [6, 6.07) is 10.5. The predicted octanol–water partition coefficient (Wildman–Crippen LogP) is 4.21. The molecule has 0 atom stereocenters. The Hall–Kier alpha value is -3.16. The van der Waals surface area contributed by atoms with Crippen LogP contribution in [0.25, 0.3) is 16.6 Å². The largest absolute Gasteiger partial charge is 0.490 e. The molecule has 0 bridgehead atoms. The van der Waals surface area contributed by atoms with Crippen molar-refractivity contribution in [3.05, 3.63) is 86.9 Å². The van der Waals surface area contributed by atoms with Gasteiger partial charge in [-0.3, -0.25) is 4.90 Å². The van der Waals surface area contributed by atoms with Crippen molar-refractivity contribution in [3.8, 4) is 11.4 Å². The molecule has 0 fully saturated rings. The maximum atomic E-state index is 13.6. The zero-order valence-electron chi connectivity index (χ0n) is 16.9. The van der Waals surface area contributed by atoms with Crippen LogP contribution in [0.2, 0.25) is 5.02 Å². The Bertz CT molecular complexity index is 1350. The molecule has 2 aromatic heterocycles. The lowest BCUT2D eigenvalue weighted by molar-refractivity contribution is 0.219. The Morgan fingerprint density at radius 1 is 1.26 bits per heavy atom. The molecule has 31 heavy (non-hydrogen) atoms. The van der Waals surface area contributed by atoms with Crippen LogP contribution in [0.5, 0.6) is 5.75 Å². The van der Waals surface area contributed by atoms with E-state index in [2.05, 4.69) is 20.9 Å². The number of nitrogens with one attached hydrogen (secondary N) is 1. The van der Waals surface area contributed by atoms with E-state index in [1.165, 1.54) is 12.1 Å². The highest BCUT2D eigenvalue weighted by Gasteiger charge is 2.20. The summed E-state index contributed by atoms with van der Waals surface area (Å²) in [6.07, 6.45) is 3.53. The molecule has 4 aromatic rings. The van der Waals surface area contributed by atoms with E-state index in [0.29, 0.717) is 37.0 Å². The lowest BCUT2D eigenvalue weighted by Gasteiger charge is -2.20. The number of rotatable bonds is 3. The number of aromatic nitrogens is 3. The molecule has 0 saturated carbocycles. The smallest absolute Gasteiger partial charge is 0.345 e. The molecule has 0 aliphatic carbocycles. The quantitative estimate of drug-likeness (QED) is 0.520. The van der Waals surface area contributed by atoms with Crippen LogP contribution in [0.1, 0.15) is 16.8 Å². The van der Waals surface area contributed by atoms with Crippen LogP contribution in [0, 0.1) is 12.7 Å². The maximum absolute atomic E-state index is 13.6. The molecule has 0 amide bonds. The Morgan fingerprint density at radius 2 is 2.13 bits per heavy atom. The second-order valence-electron chi connectivity index (χ2n) is 7.70. The van der Waals surface area contributed by atoms with Crippen molar-refractivity contribution in [3.63, 3.8) is 0 Å². The summed E-state index contributed by atoms with van der Waals surface area (Å²) in [5.41, 5.74) is 4.18. The first-order chi connectivity index (χ1) is 15.0. The summed E-state index contributed by atoms with van der Waals surface area (Å²) in [5.74, 6) is 0.424. The van der Waals surface area contributed by atoms with Gasteiger partial charge in [0.05, 0.1) is 10.5 Å². The van der Waals surface area contributed by atoms with Crippen LogP contribution in [-0.2, 0) is 13.1 Å². The van der Waals surface area contributed by atoms with Crippen molar-refractivity contribution in [2.24, 2.45) is 0 Å². The van der Waals surface area contributed by atoms with Crippen molar-refractivity contribution in [2.45, 2.75) is 20.0 Å². The van der Waals surface area contributed by atoms with Crippen molar-refractivity contribution < 1.29 is 9.13 Å². The number of hydrogen-bond donors (Lipinski definition) is 1. The van der Waals surface area contributed by atoms with Gasteiger partial charge in [-0.25, -0.2) is 14.2 Å². The molecule has 158 valence electrons. The van der Waals surface area contributed by atoms with Crippen molar-refractivity contribution >= 4 is 22.5 Å². The number of fused-ring (bicyclic) bond motifs is 2. The van der Waals surface area contributed by atoms with Crippen LogP contribution < -0.4 is 10.4 Å². The number of ether oxygens (including phenoxy) is 1. The van der Waals surface area contributed by atoms with Crippen LogP contribution >= 0.6 is 11.6 Å². The van der Waals surface area contributed by atoms with Gasteiger partial charge < -0.3 is 14.3 Å². The molecule has 3 heterocycles. The van der Waals surface area contributed by atoms with E-state index in [0.717, 1.165) is 33.4 Å². The van der Waals surface area contributed by atoms with Gasteiger partial charge in [-0.2, -0.15) is 0 Å². The monoisotopic (exact) mass is 438 g/mol. The molecule has 0 radical (unpaired) electrons. The summed E-state index contributed by atoms with van der Waals surface area (Å²) < 4.78 is 21.5. The molecule has 1 aliphatic rings. The molecule has 0 spiro atoms. The number of halogens is 2. The third kappa shape index (κ3) is 3.82. The second kappa shape index (κ2) is 7.83. The van der Waals surface area contributed by atoms with Gasteiger partial charge in [0.1, 0.15) is 18.2 Å². The average molecular weight is 439 g/mol. The molecule has 5 rings (SSSR count). The van der Waals surface area contributed by atoms with E-state index < -0.39 is 0 Å². The van der Waals surface area contributed by atoms with E-state index >= 15 is 0 Å². The number of aromatic amines is 1. The number of H-pyrrole nitrogens is 1. The summed E-state index contributed by atoms with van der Waals surface area (Å²) in [6.45, 7) is 4.36. The minimum Gasteiger partial charge on any atom is -0.490 e. The highest BCUT2D eigenvalue weighted by atomic mass is 35.5. The summed E-state index contributed by atoms with van der Waals surface area (Å²) in [5, 5.41) is 1.37. The van der Waals surface area contributed by atoms with Crippen LogP contribution in [0.3, 0.4) is 0 Å². The Labute approximate surface area is 182 Å². The number of aryl methyl sites for hydroxylation is 1. The third-order valence-corrected chi connectivity index (χ3v) is 5.87. The Morgan fingerprint density at radius 3 is 2.97 bits per heavy atom. The van der Waals surface area contributed by atoms with Gasteiger partial charge >= 0.3 is 5.69 Å². The first kappa shape index (κ1) is 19.8. The van der Waals surface area contributed by atoms with Gasteiger partial charge in [-0.05, 0) is 43.3 Å². The lowest BCUT2D eigenvalue weighted by atomic mass is 10.1. The molecule has 8 heteroatoms. The fraction of sp³-hybridized carbons (Fsp3) is 0.217. The molecule has 2 aromatic carbocycles. The number of nitrogens with zero attached hydrogens (tertiary/aromatic N) is 3. The molecule has 0 unspecified atom stereocenters. The highest BCUT2D eigenvalue weighted by molar-refractivity contribution is 6.32. The van der Waals surface area contributed by atoms with Crippen LogP contribution in [-0.4, -0.2) is 32.6 Å². The molecule has 6 nitrogen and oxygen atoms in total. The van der Waals surface area contributed by atoms with Gasteiger partial charge in [0.25, 0.3) is 0 Å². The minimum atomic E-state index is -0.346. The van der Waals surface area contributed by atoms with Gasteiger partial charge in [0, 0.05) is 59.9 Å². The predicted molar refractivity (Wildman–Crippen MR) is 117 cm³/mol. The number of hydrogen-bond acceptors (Lipinski definition) is 4. The molecular weight excluding hydrogens is 419 g/mol. The molecular formula is C23H20ClFN4O2. The fourth-order valence-electron chi connectivity index (χ4n) is 4.03. The maximum Gasteiger partial charge on any atom is 0.345 e. The van der Waals surface area contributed by atoms with Crippen molar-refractivity contribution in [1.29, 1.82) is 0 Å². The first-order valence-electron chi connectivity index (χ1n) is 9.97. The van der Waals surface area contributed by atoms with E-state index in [9.17, 15) is 9.18 Å².